The number of esters is 1. The lowest BCUT2D eigenvalue weighted by molar-refractivity contribution is -0.148. The van der Waals surface area contributed by atoms with Crippen LogP contribution in [0.15, 0.2) is 52.9 Å². The third kappa shape index (κ3) is 6.26. The normalized spacial score (nSPS) is 16.6. The third-order valence-corrected chi connectivity index (χ3v) is 6.33. The van der Waals surface area contributed by atoms with E-state index in [0.717, 1.165) is 43.5 Å². The topological polar surface area (TPSA) is 64.8 Å². The first kappa shape index (κ1) is 25.8. The maximum Gasteiger partial charge on any atom is 0.416 e. The number of methoxy groups -OCH3 is 1. The van der Waals surface area contributed by atoms with E-state index in [4.69, 9.17) is 13.9 Å². The van der Waals surface area contributed by atoms with E-state index in [1.54, 1.807) is 6.92 Å². The van der Waals surface area contributed by atoms with Gasteiger partial charge in [-0.2, -0.15) is 13.2 Å². The summed E-state index contributed by atoms with van der Waals surface area (Å²) >= 11 is 0. The largest absolute Gasteiger partial charge is 0.493 e. The molecule has 192 valence electrons. The van der Waals surface area contributed by atoms with Gasteiger partial charge in [0.2, 0.25) is 5.89 Å². The van der Waals surface area contributed by atoms with E-state index in [1.807, 2.05) is 24.3 Å². The summed E-state index contributed by atoms with van der Waals surface area (Å²) in [5.41, 5.74) is 1.50. The molecule has 6 nitrogen and oxygen atoms in total. The van der Waals surface area contributed by atoms with E-state index in [-0.39, 0.29) is 17.9 Å². The molecule has 0 saturated carbocycles. The monoisotopic (exact) mass is 502 g/mol. The molecular formula is C27H29F3N2O4. The van der Waals surface area contributed by atoms with Gasteiger partial charge in [0.25, 0.3) is 0 Å². The molecule has 0 spiro atoms. The van der Waals surface area contributed by atoms with Crippen LogP contribution in [-0.4, -0.2) is 42.2 Å². The van der Waals surface area contributed by atoms with Gasteiger partial charge >= 0.3 is 12.1 Å². The molecule has 0 amide bonds. The van der Waals surface area contributed by atoms with Crippen molar-refractivity contribution in [1.29, 1.82) is 0 Å². The Hall–Kier alpha value is -3.33. The van der Waals surface area contributed by atoms with Gasteiger partial charge in [0, 0.05) is 18.5 Å². The number of alkyl halides is 3. The number of ether oxygens (including phenoxy) is 2. The number of carbonyl (C=O) groups is 1. The molecule has 1 aliphatic rings. The van der Waals surface area contributed by atoms with Crippen molar-refractivity contribution in [3.8, 4) is 17.2 Å². The summed E-state index contributed by atoms with van der Waals surface area (Å²) in [5.74, 6) is 1.39. The molecule has 1 unspecified atom stereocenters. The van der Waals surface area contributed by atoms with Crippen molar-refractivity contribution in [3.63, 3.8) is 0 Å². The van der Waals surface area contributed by atoms with E-state index in [9.17, 15) is 18.0 Å². The van der Waals surface area contributed by atoms with Crippen LogP contribution in [0.2, 0.25) is 0 Å². The maximum absolute atomic E-state index is 12.8. The van der Waals surface area contributed by atoms with Crippen molar-refractivity contribution in [1.82, 2.24) is 9.88 Å². The van der Waals surface area contributed by atoms with Gasteiger partial charge in [0.15, 0.2) is 0 Å². The van der Waals surface area contributed by atoms with Crippen LogP contribution in [0.25, 0.3) is 11.5 Å². The average molecular weight is 503 g/mol. The molecule has 2 heterocycles. The minimum Gasteiger partial charge on any atom is -0.493 e. The van der Waals surface area contributed by atoms with Crippen LogP contribution in [0.3, 0.4) is 0 Å². The molecule has 36 heavy (non-hydrogen) atoms. The molecule has 0 bridgehead atoms. The van der Waals surface area contributed by atoms with E-state index < -0.39 is 11.7 Å². The molecule has 1 saturated heterocycles. The van der Waals surface area contributed by atoms with E-state index in [1.165, 1.54) is 19.2 Å². The molecule has 3 aromatic rings. The Labute approximate surface area is 208 Å². The average Bonchev–Trinajstić information content (AvgIpc) is 3.24. The van der Waals surface area contributed by atoms with Crippen molar-refractivity contribution in [2.24, 2.45) is 0 Å². The predicted molar refractivity (Wildman–Crippen MR) is 127 cm³/mol. The second kappa shape index (κ2) is 11.2. The molecule has 2 aromatic carbocycles. The fourth-order valence-corrected chi connectivity index (χ4v) is 4.40. The van der Waals surface area contributed by atoms with E-state index in [2.05, 4.69) is 9.88 Å². The summed E-state index contributed by atoms with van der Waals surface area (Å²) in [6.45, 7) is 3.61. The summed E-state index contributed by atoms with van der Waals surface area (Å²) in [4.78, 5) is 18.7. The molecule has 9 heteroatoms. The number of oxazole rings is 1. The third-order valence-electron chi connectivity index (χ3n) is 6.33. The van der Waals surface area contributed by atoms with Crippen LogP contribution in [0.5, 0.6) is 5.75 Å². The quantitative estimate of drug-likeness (QED) is 0.362. The summed E-state index contributed by atoms with van der Waals surface area (Å²) in [5, 5.41) is 0. The Bertz CT molecular complexity index is 1170. The zero-order valence-corrected chi connectivity index (χ0v) is 20.3. The molecule has 1 aliphatic heterocycles. The first-order valence-electron chi connectivity index (χ1n) is 11.9. The summed E-state index contributed by atoms with van der Waals surface area (Å²) in [7, 11) is 1.42. The number of carbonyl (C=O) groups excluding carboxylic acids is 1. The van der Waals surface area contributed by atoms with Crippen LogP contribution in [0.1, 0.15) is 41.8 Å². The van der Waals surface area contributed by atoms with Crippen LogP contribution in [-0.2, 0) is 28.7 Å². The molecular weight excluding hydrogens is 473 g/mol. The Morgan fingerprint density at radius 1 is 1.17 bits per heavy atom. The smallest absolute Gasteiger partial charge is 0.416 e. The predicted octanol–water partition coefficient (Wildman–Crippen LogP) is 5.82. The van der Waals surface area contributed by atoms with E-state index in [0.29, 0.717) is 42.3 Å². The van der Waals surface area contributed by atoms with E-state index >= 15 is 0 Å². The van der Waals surface area contributed by atoms with Gasteiger partial charge in [-0.05, 0) is 68.3 Å². The lowest BCUT2D eigenvalue weighted by atomic mass is 10.0. The number of halogens is 3. The van der Waals surface area contributed by atoms with Gasteiger partial charge in [-0.3, -0.25) is 9.69 Å². The minimum atomic E-state index is -4.39. The van der Waals surface area contributed by atoms with Crippen LogP contribution < -0.4 is 4.74 Å². The minimum absolute atomic E-state index is 0.194. The second-order valence-corrected chi connectivity index (χ2v) is 8.85. The fourth-order valence-electron chi connectivity index (χ4n) is 4.40. The number of aryl methyl sites for hydroxylation is 1. The Morgan fingerprint density at radius 3 is 2.67 bits per heavy atom. The van der Waals surface area contributed by atoms with Crippen molar-refractivity contribution in [2.45, 2.75) is 51.4 Å². The molecule has 4 rings (SSSR count). The second-order valence-electron chi connectivity index (χ2n) is 8.85. The molecule has 1 aromatic heterocycles. The molecule has 0 radical (unpaired) electrons. The lowest BCUT2D eigenvalue weighted by Gasteiger charge is -2.33. The summed E-state index contributed by atoms with van der Waals surface area (Å²) in [6, 6.07) is 12.3. The van der Waals surface area contributed by atoms with Gasteiger partial charge in [-0.25, -0.2) is 4.98 Å². The molecule has 0 aliphatic carbocycles. The van der Waals surface area contributed by atoms with Crippen molar-refractivity contribution in [3.05, 3.63) is 71.1 Å². The number of rotatable bonds is 8. The van der Waals surface area contributed by atoms with Crippen molar-refractivity contribution in [2.75, 3.05) is 20.3 Å². The number of benzene rings is 2. The van der Waals surface area contributed by atoms with Gasteiger partial charge < -0.3 is 13.9 Å². The SMILES string of the molecule is COC(=O)C1CCCCN1Cc1cccc(OCCc2nc(-c3ccc(C(F)(F)F)cc3)oc2C)c1. The maximum atomic E-state index is 12.8. The number of nitrogens with zero attached hydrogens (tertiary/aromatic N) is 2. The van der Waals surface area contributed by atoms with Crippen LogP contribution in [0.4, 0.5) is 13.2 Å². The zero-order chi connectivity index (χ0) is 25.7. The number of aromatic nitrogens is 1. The van der Waals surface area contributed by atoms with Crippen LogP contribution in [0, 0.1) is 6.92 Å². The Balaban J connectivity index is 1.35. The Kier molecular flexibility index (Phi) is 7.98. The highest BCUT2D eigenvalue weighted by atomic mass is 19.4. The number of hydrogen-bond donors (Lipinski definition) is 0. The molecule has 0 N–H and O–H groups in total. The number of hydrogen-bond acceptors (Lipinski definition) is 6. The zero-order valence-electron chi connectivity index (χ0n) is 20.3. The van der Waals surface area contributed by atoms with Gasteiger partial charge in [0.05, 0.1) is 25.0 Å². The van der Waals surface area contributed by atoms with Crippen molar-refractivity contribution >= 4 is 5.97 Å². The number of likely N-dealkylation sites (tertiary alicyclic amines) is 1. The van der Waals surface area contributed by atoms with Gasteiger partial charge in [-0.15, -0.1) is 0 Å². The Morgan fingerprint density at radius 2 is 1.94 bits per heavy atom. The highest BCUT2D eigenvalue weighted by Crippen LogP contribution is 2.31. The lowest BCUT2D eigenvalue weighted by Crippen LogP contribution is -2.44. The fraction of sp³-hybridized carbons (Fsp3) is 0.407. The summed E-state index contributed by atoms with van der Waals surface area (Å²) < 4.78 is 55.0. The summed E-state index contributed by atoms with van der Waals surface area (Å²) in [6.07, 6.45) is -1.04. The standard InChI is InChI=1S/C27H29F3N2O4/c1-18-23(31-25(36-18)20-9-11-21(12-10-20)27(28,29)30)13-15-35-22-7-5-6-19(16-22)17-32-14-4-3-8-24(32)26(33)34-2/h5-7,9-12,16,24H,3-4,8,13-15,17H2,1-2H3. The number of piperidine rings is 1. The first-order valence-corrected chi connectivity index (χ1v) is 11.9. The highest BCUT2D eigenvalue weighted by Gasteiger charge is 2.30. The van der Waals surface area contributed by atoms with Crippen molar-refractivity contribution < 1.29 is 31.9 Å². The molecule has 1 atom stereocenters. The van der Waals surface area contributed by atoms with Gasteiger partial charge in [-0.1, -0.05) is 18.6 Å². The molecule has 1 fully saturated rings. The highest BCUT2D eigenvalue weighted by molar-refractivity contribution is 5.75. The van der Waals surface area contributed by atoms with Crippen LogP contribution >= 0.6 is 0 Å². The van der Waals surface area contributed by atoms with Gasteiger partial charge in [0.1, 0.15) is 17.6 Å². The first-order chi connectivity index (χ1) is 17.2.